The number of hydrogen-bond donors (Lipinski definition) is 2. The smallest absolute Gasteiger partial charge is 0.244 e. The highest BCUT2D eigenvalue weighted by atomic mass is 35.5. The number of sulfonamides is 1. The lowest BCUT2D eigenvalue weighted by Crippen LogP contribution is -2.49. The van der Waals surface area contributed by atoms with Gasteiger partial charge in [0.2, 0.25) is 10.0 Å². The molecule has 24 heavy (non-hydrogen) atoms. The van der Waals surface area contributed by atoms with Crippen LogP contribution in [0.15, 0.2) is 23.1 Å². The predicted octanol–water partition coefficient (Wildman–Crippen LogP) is 2.46. The van der Waals surface area contributed by atoms with E-state index >= 15 is 0 Å². The predicted molar refractivity (Wildman–Crippen MR) is 96.6 cm³/mol. The third-order valence-corrected chi connectivity index (χ3v) is 5.80. The molecule has 2 rings (SSSR count). The van der Waals surface area contributed by atoms with Gasteiger partial charge >= 0.3 is 0 Å². The van der Waals surface area contributed by atoms with Gasteiger partial charge in [-0.2, -0.15) is 0 Å². The van der Waals surface area contributed by atoms with Gasteiger partial charge in [-0.3, -0.25) is 0 Å². The van der Waals surface area contributed by atoms with Crippen molar-refractivity contribution in [3.63, 3.8) is 0 Å². The van der Waals surface area contributed by atoms with Crippen LogP contribution in [0.4, 0.5) is 0 Å². The van der Waals surface area contributed by atoms with Crippen LogP contribution in [0.25, 0.3) is 0 Å². The van der Waals surface area contributed by atoms with E-state index in [-0.39, 0.29) is 29.6 Å². The molecule has 0 radical (unpaired) electrons. The van der Waals surface area contributed by atoms with Crippen molar-refractivity contribution >= 4 is 22.4 Å². The summed E-state index contributed by atoms with van der Waals surface area (Å²) in [5.74, 6) is 0.744. The van der Waals surface area contributed by atoms with Crippen LogP contribution >= 0.6 is 12.4 Å². The van der Waals surface area contributed by atoms with Gasteiger partial charge in [-0.25, -0.2) is 13.1 Å². The van der Waals surface area contributed by atoms with Gasteiger partial charge in [-0.15, -0.1) is 12.4 Å². The van der Waals surface area contributed by atoms with E-state index in [2.05, 4.69) is 4.72 Å². The fraction of sp³-hybridized carbons (Fsp3) is 0.625. The highest BCUT2D eigenvalue weighted by molar-refractivity contribution is 7.89. The van der Waals surface area contributed by atoms with Crippen LogP contribution < -0.4 is 19.9 Å². The van der Waals surface area contributed by atoms with Crippen LogP contribution in [0.3, 0.4) is 0 Å². The van der Waals surface area contributed by atoms with Gasteiger partial charge < -0.3 is 15.2 Å². The number of nitrogens with two attached hydrogens (primary N) is 1. The number of hydrogen-bond acceptors (Lipinski definition) is 5. The van der Waals surface area contributed by atoms with E-state index in [1.54, 1.807) is 12.1 Å². The second-order valence-corrected chi connectivity index (χ2v) is 7.85. The Hall–Kier alpha value is -1.02. The molecule has 3 N–H and O–H groups in total. The van der Waals surface area contributed by atoms with Gasteiger partial charge in [0.15, 0.2) is 0 Å². The summed E-state index contributed by atoms with van der Waals surface area (Å²) >= 11 is 0. The molecule has 1 fully saturated rings. The van der Waals surface area contributed by atoms with Gasteiger partial charge in [0.1, 0.15) is 16.4 Å². The molecule has 8 heteroatoms. The lowest BCUT2D eigenvalue weighted by Gasteiger charge is -2.28. The Morgan fingerprint density at radius 1 is 1.12 bits per heavy atom. The van der Waals surface area contributed by atoms with Crippen LogP contribution in [0.1, 0.15) is 38.5 Å². The SMILES string of the molecule is COc1ccc(OC)c(S(=O)(=O)NCC2(N)CCCCCC2)c1.Cl. The maximum atomic E-state index is 12.6. The van der Waals surface area contributed by atoms with Crippen LogP contribution in [0.5, 0.6) is 11.5 Å². The molecule has 6 nitrogen and oxygen atoms in total. The van der Waals surface area contributed by atoms with E-state index < -0.39 is 15.6 Å². The quantitative estimate of drug-likeness (QED) is 0.742. The zero-order chi connectivity index (χ0) is 16.9. The summed E-state index contributed by atoms with van der Waals surface area (Å²) in [6.45, 7) is 0.232. The molecule has 1 aromatic carbocycles. The summed E-state index contributed by atoms with van der Waals surface area (Å²) in [5, 5.41) is 0. The number of benzene rings is 1. The molecule has 0 atom stereocenters. The molecule has 1 saturated carbocycles. The average molecular weight is 379 g/mol. The first kappa shape index (κ1) is 21.0. The molecule has 0 unspecified atom stereocenters. The molecule has 0 spiro atoms. The lowest BCUT2D eigenvalue weighted by atomic mass is 9.92. The molecule has 138 valence electrons. The maximum absolute atomic E-state index is 12.6. The fourth-order valence-electron chi connectivity index (χ4n) is 2.92. The first-order chi connectivity index (χ1) is 10.9. The number of methoxy groups -OCH3 is 2. The molecule has 0 heterocycles. The van der Waals surface area contributed by atoms with Crippen molar-refractivity contribution in [1.29, 1.82) is 0 Å². The zero-order valence-corrected chi connectivity index (χ0v) is 15.8. The highest BCUT2D eigenvalue weighted by Crippen LogP contribution is 2.29. The van der Waals surface area contributed by atoms with Crippen LogP contribution in [-0.4, -0.2) is 34.7 Å². The highest BCUT2D eigenvalue weighted by Gasteiger charge is 2.29. The van der Waals surface area contributed by atoms with Crippen LogP contribution in [0, 0.1) is 0 Å². The fourth-order valence-corrected chi connectivity index (χ4v) is 4.24. The Morgan fingerprint density at radius 3 is 2.29 bits per heavy atom. The minimum Gasteiger partial charge on any atom is -0.497 e. The van der Waals surface area contributed by atoms with Crippen molar-refractivity contribution in [3.8, 4) is 11.5 Å². The maximum Gasteiger partial charge on any atom is 0.244 e. The van der Waals surface area contributed by atoms with E-state index in [1.165, 1.54) is 20.3 Å². The second-order valence-electron chi connectivity index (χ2n) is 6.12. The standard InChI is InChI=1S/C16H26N2O4S.ClH/c1-21-13-7-8-14(22-2)15(11-13)23(19,20)18-12-16(17)9-5-3-4-6-10-16;/h7-8,11,18H,3-6,9-10,12,17H2,1-2H3;1H. The zero-order valence-electron chi connectivity index (χ0n) is 14.2. The summed E-state index contributed by atoms with van der Waals surface area (Å²) < 4.78 is 38.2. The van der Waals surface area contributed by atoms with Crippen molar-refractivity contribution in [2.75, 3.05) is 20.8 Å². The van der Waals surface area contributed by atoms with Gasteiger partial charge in [-0.05, 0) is 25.0 Å². The summed E-state index contributed by atoms with van der Waals surface area (Å²) in [6.07, 6.45) is 6.09. The molecule has 0 amide bonds. The molecular formula is C16H27ClN2O4S. The minimum absolute atomic E-state index is 0. The molecule has 0 aromatic heterocycles. The Labute approximate surface area is 150 Å². The van der Waals surface area contributed by atoms with E-state index in [0.717, 1.165) is 38.5 Å². The van der Waals surface area contributed by atoms with Crippen molar-refractivity contribution in [2.24, 2.45) is 5.73 Å². The van der Waals surface area contributed by atoms with E-state index in [9.17, 15) is 8.42 Å². The van der Waals surface area contributed by atoms with Gasteiger partial charge in [0, 0.05) is 18.2 Å². The van der Waals surface area contributed by atoms with Crippen LogP contribution in [-0.2, 0) is 10.0 Å². The Balaban J connectivity index is 0.00000288. The first-order valence-electron chi connectivity index (χ1n) is 7.91. The monoisotopic (exact) mass is 378 g/mol. The van der Waals surface area contributed by atoms with E-state index in [1.807, 2.05) is 0 Å². The number of ether oxygens (including phenoxy) is 2. The molecule has 0 saturated heterocycles. The molecule has 1 aliphatic rings. The van der Waals surface area contributed by atoms with Crippen molar-refractivity contribution < 1.29 is 17.9 Å². The Bertz CT molecular complexity index is 629. The molecule has 0 bridgehead atoms. The average Bonchev–Trinajstić information content (AvgIpc) is 2.78. The molecular weight excluding hydrogens is 352 g/mol. The van der Waals surface area contributed by atoms with Gasteiger partial charge in [0.25, 0.3) is 0 Å². The third-order valence-electron chi connectivity index (χ3n) is 4.37. The molecule has 0 aliphatic heterocycles. The summed E-state index contributed by atoms with van der Waals surface area (Å²) in [6, 6.07) is 4.70. The third kappa shape index (κ3) is 5.24. The van der Waals surface area contributed by atoms with Crippen molar-refractivity contribution in [3.05, 3.63) is 18.2 Å². The van der Waals surface area contributed by atoms with Crippen molar-refractivity contribution in [1.82, 2.24) is 4.72 Å². The Kier molecular flexibility index (Phi) is 7.79. The van der Waals surface area contributed by atoms with Crippen molar-refractivity contribution in [2.45, 2.75) is 49.0 Å². The normalized spacial score (nSPS) is 17.5. The summed E-state index contributed by atoms with van der Waals surface area (Å²) in [7, 11) is -0.787. The number of nitrogens with one attached hydrogen (secondary N) is 1. The topological polar surface area (TPSA) is 90.6 Å². The van der Waals surface area contributed by atoms with E-state index in [4.69, 9.17) is 15.2 Å². The molecule has 1 aromatic rings. The lowest BCUT2D eigenvalue weighted by molar-refractivity contribution is 0.367. The van der Waals surface area contributed by atoms with E-state index in [0.29, 0.717) is 5.75 Å². The first-order valence-corrected chi connectivity index (χ1v) is 9.39. The summed E-state index contributed by atoms with van der Waals surface area (Å²) in [4.78, 5) is 0.0663. The number of halogens is 1. The number of rotatable bonds is 6. The van der Waals surface area contributed by atoms with Gasteiger partial charge in [-0.1, -0.05) is 25.7 Å². The largest absolute Gasteiger partial charge is 0.497 e. The minimum atomic E-state index is -3.72. The van der Waals surface area contributed by atoms with Gasteiger partial charge in [0.05, 0.1) is 14.2 Å². The molecule has 1 aliphatic carbocycles. The Morgan fingerprint density at radius 2 is 1.75 bits per heavy atom. The second kappa shape index (κ2) is 8.89. The summed E-state index contributed by atoms with van der Waals surface area (Å²) in [5.41, 5.74) is 5.91. The van der Waals surface area contributed by atoms with Crippen LogP contribution in [0.2, 0.25) is 0 Å².